The Morgan fingerprint density at radius 2 is 1.82 bits per heavy atom. The number of esters is 1. The van der Waals surface area contributed by atoms with Crippen LogP contribution in [0.5, 0.6) is 0 Å². The third kappa shape index (κ3) is 7.17. The first-order valence-electron chi connectivity index (χ1n) is 5.14. The van der Waals surface area contributed by atoms with Crippen LogP contribution >= 0.6 is 0 Å². The fraction of sp³-hybridized carbons (Fsp3) is 0.900. The van der Waals surface area contributed by atoms with E-state index >= 15 is 0 Å². The Morgan fingerprint density at radius 3 is 2.18 bits per heavy atom. The van der Waals surface area contributed by atoms with Gasteiger partial charge in [-0.2, -0.15) is 13.2 Å². The van der Waals surface area contributed by atoms with Crippen LogP contribution in [0.15, 0.2) is 0 Å². The Bertz CT molecular complexity index is 261. The van der Waals surface area contributed by atoms with Crippen LogP contribution in [0.25, 0.3) is 0 Å². The van der Waals surface area contributed by atoms with Crippen LogP contribution in [0.1, 0.15) is 27.7 Å². The molecule has 0 saturated heterocycles. The molecule has 0 fully saturated rings. The van der Waals surface area contributed by atoms with Gasteiger partial charge >= 0.3 is 12.1 Å². The van der Waals surface area contributed by atoms with Gasteiger partial charge in [-0.05, 0) is 27.7 Å². The highest BCUT2D eigenvalue weighted by atomic mass is 19.4. The summed E-state index contributed by atoms with van der Waals surface area (Å²) in [7, 11) is 0. The largest absolute Gasteiger partial charge is 0.459 e. The quantitative estimate of drug-likeness (QED) is 0.744. The minimum absolute atomic E-state index is 0.660. The van der Waals surface area contributed by atoms with E-state index in [2.05, 4.69) is 5.32 Å². The van der Waals surface area contributed by atoms with Crippen LogP contribution in [-0.4, -0.2) is 41.5 Å². The first-order chi connectivity index (χ1) is 7.43. The topological polar surface area (TPSA) is 58.6 Å². The Morgan fingerprint density at radius 1 is 1.35 bits per heavy atom. The molecule has 102 valence electrons. The smallest absolute Gasteiger partial charge is 0.415 e. The predicted octanol–water partition coefficient (Wildman–Crippen LogP) is 1.23. The summed E-state index contributed by atoms with van der Waals surface area (Å²) in [5.74, 6) is -0.660. The summed E-state index contributed by atoms with van der Waals surface area (Å²) in [6.07, 6.45) is -7.19. The van der Waals surface area contributed by atoms with Crippen molar-refractivity contribution in [2.75, 3.05) is 6.54 Å². The van der Waals surface area contributed by atoms with Crippen LogP contribution in [0.4, 0.5) is 13.2 Å². The van der Waals surface area contributed by atoms with Crippen molar-refractivity contribution in [3.05, 3.63) is 0 Å². The van der Waals surface area contributed by atoms with Gasteiger partial charge in [-0.25, -0.2) is 0 Å². The summed E-state index contributed by atoms with van der Waals surface area (Å²) < 4.78 is 40.9. The molecule has 7 heteroatoms. The zero-order valence-electron chi connectivity index (χ0n) is 10.3. The SMILES string of the molecule is CC(NCC(O)C(F)(F)F)C(=O)OC(C)(C)C. The van der Waals surface area contributed by atoms with Crippen molar-refractivity contribution < 1.29 is 27.8 Å². The maximum atomic E-state index is 12.0. The molecule has 0 heterocycles. The number of aliphatic hydroxyl groups excluding tert-OH is 1. The van der Waals surface area contributed by atoms with Gasteiger partial charge in [-0.1, -0.05) is 0 Å². The monoisotopic (exact) mass is 257 g/mol. The molecule has 0 saturated carbocycles. The fourth-order valence-corrected chi connectivity index (χ4v) is 0.878. The maximum Gasteiger partial charge on any atom is 0.415 e. The molecule has 0 aliphatic carbocycles. The highest BCUT2D eigenvalue weighted by Crippen LogP contribution is 2.19. The summed E-state index contributed by atoms with van der Waals surface area (Å²) in [6, 6.07) is -0.911. The van der Waals surface area contributed by atoms with Crippen LogP contribution in [0.2, 0.25) is 0 Å². The van der Waals surface area contributed by atoms with E-state index in [0.29, 0.717) is 0 Å². The molecule has 0 amide bonds. The lowest BCUT2D eigenvalue weighted by atomic mass is 10.2. The third-order valence-corrected chi connectivity index (χ3v) is 1.76. The number of ether oxygens (including phenoxy) is 1. The summed E-state index contributed by atoms with van der Waals surface area (Å²) in [6.45, 7) is 5.59. The van der Waals surface area contributed by atoms with E-state index < -0.39 is 36.4 Å². The highest BCUT2D eigenvalue weighted by Gasteiger charge is 2.38. The van der Waals surface area contributed by atoms with E-state index in [1.165, 1.54) is 6.92 Å². The van der Waals surface area contributed by atoms with Crippen molar-refractivity contribution in [2.24, 2.45) is 0 Å². The summed E-state index contributed by atoms with van der Waals surface area (Å²) in [5, 5.41) is 11.0. The molecule has 0 bridgehead atoms. The van der Waals surface area contributed by atoms with Crippen LogP contribution in [-0.2, 0) is 9.53 Å². The van der Waals surface area contributed by atoms with Crippen LogP contribution in [0, 0.1) is 0 Å². The normalized spacial score (nSPS) is 16.5. The van der Waals surface area contributed by atoms with Gasteiger partial charge < -0.3 is 15.2 Å². The van der Waals surface area contributed by atoms with Gasteiger partial charge in [0.25, 0.3) is 0 Å². The molecule has 4 nitrogen and oxygen atoms in total. The van der Waals surface area contributed by atoms with E-state index in [1.807, 2.05) is 0 Å². The molecule has 0 aliphatic rings. The lowest BCUT2D eigenvalue weighted by Crippen LogP contribution is -2.45. The highest BCUT2D eigenvalue weighted by molar-refractivity contribution is 5.75. The summed E-state index contributed by atoms with van der Waals surface area (Å²) in [5.41, 5.74) is -0.699. The van der Waals surface area contributed by atoms with E-state index in [9.17, 15) is 18.0 Å². The minimum Gasteiger partial charge on any atom is -0.459 e. The first-order valence-corrected chi connectivity index (χ1v) is 5.14. The molecule has 0 aromatic heterocycles. The number of hydrogen-bond acceptors (Lipinski definition) is 4. The molecular weight excluding hydrogens is 239 g/mol. The van der Waals surface area contributed by atoms with Gasteiger partial charge in [0.1, 0.15) is 11.6 Å². The zero-order chi connectivity index (χ0) is 13.9. The Labute approximate surface area is 98.1 Å². The number of aliphatic hydroxyl groups is 1. The standard InChI is InChI=1S/C10H18F3NO3/c1-6(8(16)17-9(2,3)4)14-5-7(15)10(11,12)13/h6-7,14-15H,5H2,1-4H3. The van der Waals surface area contributed by atoms with Gasteiger partial charge in [0, 0.05) is 6.54 Å². The van der Waals surface area contributed by atoms with Crippen molar-refractivity contribution >= 4 is 5.97 Å². The van der Waals surface area contributed by atoms with Crippen molar-refractivity contribution in [3.8, 4) is 0 Å². The van der Waals surface area contributed by atoms with Gasteiger partial charge in [-0.3, -0.25) is 4.79 Å². The molecule has 0 rings (SSSR count). The van der Waals surface area contributed by atoms with Crippen LogP contribution in [0.3, 0.4) is 0 Å². The first kappa shape index (κ1) is 16.2. The molecular formula is C10H18F3NO3. The maximum absolute atomic E-state index is 12.0. The number of hydrogen-bond donors (Lipinski definition) is 2. The van der Waals surface area contributed by atoms with Gasteiger partial charge in [0.15, 0.2) is 6.10 Å². The van der Waals surface area contributed by atoms with E-state index in [1.54, 1.807) is 20.8 Å². The summed E-state index contributed by atoms with van der Waals surface area (Å²) >= 11 is 0. The Balaban J connectivity index is 4.11. The average molecular weight is 257 g/mol. The lowest BCUT2D eigenvalue weighted by molar-refractivity contribution is -0.202. The Kier molecular flexibility index (Phi) is 5.41. The molecule has 2 atom stereocenters. The van der Waals surface area contributed by atoms with Crippen molar-refractivity contribution in [1.29, 1.82) is 0 Å². The van der Waals surface area contributed by atoms with E-state index in [4.69, 9.17) is 9.84 Å². The molecule has 0 radical (unpaired) electrons. The van der Waals surface area contributed by atoms with Gasteiger partial charge in [0.2, 0.25) is 0 Å². The fourth-order valence-electron chi connectivity index (χ4n) is 0.878. The molecule has 0 aromatic carbocycles. The number of halogens is 3. The molecule has 0 aliphatic heterocycles. The number of alkyl halides is 3. The average Bonchev–Trinajstić information content (AvgIpc) is 2.08. The zero-order valence-corrected chi connectivity index (χ0v) is 10.3. The van der Waals surface area contributed by atoms with Gasteiger partial charge in [-0.15, -0.1) is 0 Å². The summed E-state index contributed by atoms with van der Waals surface area (Å²) in [4.78, 5) is 11.4. The molecule has 2 N–H and O–H groups in total. The van der Waals surface area contributed by atoms with Gasteiger partial charge in [0.05, 0.1) is 0 Å². The number of rotatable bonds is 4. The van der Waals surface area contributed by atoms with Crippen molar-refractivity contribution in [3.63, 3.8) is 0 Å². The molecule has 17 heavy (non-hydrogen) atoms. The number of nitrogens with one attached hydrogen (secondary N) is 1. The second kappa shape index (κ2) is 5.68. The number of carbonyl (C=O) groups excluding carboxylic acids is 1. The second-order valence-corrected chi connectivity index (χ2v) is 4.72. The van der Waals surface area contributed by atoms with E-state index in [-0.39, 0.29) is 0 Å². The van der Waals surface area contributed by atoms with Crippen molar-refractivity contribution in [2.45, 2.75) is 51.6 Å². The third-order valence-electron chi connectivity index (χ3n) is 1.76. The minimum atomic E-state index is -4.69. The predicted molar refractivity (Wildman–Crippen MR) is 55.4 cm³/mol. The van der Waals surface area contributed by atoms with E-state index in [0.717, 1.165) is 0 Å². The molecule has 2 unspecified atom stereocenters. The lowest BCUT2D eigenvalue weighted by Gasteiger charge is -2.23. The molecule has 0 aromatic rings. The Hall–Kier alpha value is -0.820. The van der Waals surface area contributed by atoms with Crippen LogP contribution < -0.4 is 5.32 Å². The van der Waals surface area contributed by atoms with Crippen molar-refractivity contribution in [1.82, 2.24) is 5.32 Å². The number of carbonyl (C=O) groups is 1. The second-order valence-electron chi connectivity index (χ2n) is 4.72. The molecule has 0 spiro atoms.